The summed E-state index contributed by atoms with van der Waals surface area (Å²) in [6.07, 6.45) is 1.30. The Labute approximate surface area is 108 Å². The van der Waals surface area contributed by atoms with Gasteiger partial charge in [-0.25, -0.2) is 12.8 Å². The minimum atomic E-state index is -3.62. The Balaban J connectivity index is 3.00. The summed E-state index contributed by atoms with van der Waals surface area (Å²) in [6, 6.07) is 5.07. The minimum Gasteiger partial charge on any atom is -0.330 e. The Bertz CT molecular complexity index is 477. The van der Waals surface area contributed by atoms with Gasteiger partial charge in [-0.1, -0.05) is 13.0 Å². The first-order valence-corrected chi connectivity index (χ1v) is 7.42. The van der Waals surface area contributed by atoms with Gasteiger partial charge in [-0.2, -0.15) is 4.31 Å². The summed E-state index contributed by atoms with van der Waals surface area (Å²) < 4.78 is 39.0. The van der Waals surface area contributed by atoms with E-state index in [2.05, 4.69) is 0 Å². The maximum atomic E-state index is 13.1. The lowest BCUT2D eigenvalue weighted by molar-refractivity contribution is 0.405. The van der Waals surface area contributed by atoms with Crippen LogP contribution in [0.4, 0.5) is 4.39 Å². The van der Waals surface area contributed by atoms with Gasteiger partial charge in [0.25, 0.3) is 0 Å². The van der Waals surface area contributed by atoms with Crippen LogP contribution in [0.3, 0.4) is 0 Å². The van der Waals surface area contributed by atoms with E-state index in [1.165, 1.54) is 22.5 Å². The number of halogens is 1. The van der Waals surface area contributed by atoms with Crippen LogP contribution in [-0.4, -0.2) is 32.4 Å². The molecule has 0 aliphatic carbocycles. The van der Waals surface area contributed by atoms with E-state index in [0.29, 0.717) is 32.5 Å². The normalized spacial score (nSPS) is 12.0. The number of nitrogens with two attached hydrogens (primary N) is 1. The highest BCUT2D eigenvalue weighted by Crippen LogP contribution is 2.17. The van der Waals surface area contributed by atoms with Crippen molar-refractivity contribution < 1.29 is 12.8 Å². The molecule has 0 saturated heterocycles. The molecule has 2 N–H and O–H groups in total. The average molecular weight is 274 g/mol. The Morgan fingerprint density at radius 1 is 1.33 bits per heavy atom. The molecule has 0 fully saturated rings. The second-order valence-electron chi connectivity index (χ2n) is 4.00. The number of sulfonamides is 1. The Kier molecular flexibility index (Phi) is 5.71. The highest BCUT2D eigenvalue weighted by molar-refractivity contribution is 7.89. The van der Waals surface area contributed by atoms with Crippen molar-refractivity contribution in [1.82, 2.24) is 4.31 Å². The smallest absolute Gasteiger partial charge is 0.243 e. The molecular formula is C12H19FN2O2S. The van der Waals surface area contributed by atoms with Gasteiger partial charge in [-0.3, -0.25) is 0 Å². The first-order chi connectivity index (χ1) is 8.52. The average Bonchev–Trinajstić information content (AvgIpc) is 2.34. The molecule has 0 atom stereocenters. The van der Waals surface area contributed by atoms with Crippen LogP contribution in [0.2, 0.25) is 0 Å². The van der Waals surface area contributed by atoms with Crippen LogP contribution in [0.5, 0.6) is 0 Å². The molecule has 0 aliphatic heterocycles. The van der Waals surface area contributed by atoms with Gasteiger partial charge in [0, 0.05) is 13.1 Å². The van der Waals surface area contributed by atoms with Crippen LogP contribution in [-0.2, 0) is 10.0 Å². The molecule has 0 radical (unpaired) electrons. The van der Waals surface area contributed by atoms with Gasteiger partial charge in [0.1, 0.15) is 5.82 Å². The van der Waals surface area contributed by atoms with Crippen molar-refractivity contribution in [3.8, 4) is 0 Å². The van der Waals surface area contributed by atoms with Gasteiger partial charge in [-0.15, -0.1) is 0 Å². The number of nitrogens with zero attached hydrogens (tertiary/aromatic N) is 1. The quantitative estimate of drug-likeness (QED) is 0.821. The summed E-state index contributed by atoms with van der Waals surface area (Å²) in [6.45, 7) is 3.11. The van der Waals surface area contributed by atoms with E-state index in [1.807, 2.05) is 6.92 Å². The van der Waals surface area contributed by atoms with Crippen molar-refractivity contribution in [3.05, 3.63) is 30.1 Å². The number of benzene rings is 1. The molecule has 0 spiro atoms. The molecule has 4 nitrogen and oxygen atoms in total. The zero-order valence-electron chi connectivity index (χ0n) is 10.5. The number of hydrogen-bond donors (Lipinski definition) is 1. The summed E-state index contributed by atoms with van der Waals surface area (Å²) in [5, 5.41) is 0. The van der Waals surface area contributed by atoms with Crippen molar-refractivity contribution >= 4 is 10.0 Å². The van der Waals surface area contributed by atoms with Gasteiger partial charge < -0.3 is 5.73 Å². The van der Waals surface area contributed by atoms with E-state index in [9.17, 15) is 12.8 Å². The largest absolute Gasteiger partial charge is 0.330 e. The summed E-state index contributed by atoms with van der Waals surface area (Å²) in [4.78, 5) is -0.00651. The molecule has 18 heavy (non-hydrogen) atoms. The fourth-order valence-corrected chi connectivity index (χ4v) is 3.25. The Morgan fingerprint density at radius 2 is 2.06 bits per heavy atom. The molecule has 0 saturated carbocycles. The SMILES string of the molecule is CCCN(CCCN)S(=O)(=O)c1cccc(F)c1. The summed E-state index contributed by atoms with van der Waals surface area (Å²) >= 11 is 0. The lowest BCUT2D eigenvalue weighted by atomic mass is 10.4. The molecule has 1 rings (SSSR count). The van der Waals surface area contributed by atoms with Gasteiger partial charge in [0.05, 0.1) is 4.90 Å². The molecule has 6 heteroatoms. The summed E-state index contributed by atoms with van der Waals surface area (Å²) in [5.41, 5.74) is 5.40. The maximum Gasteiger partial charge on any atom is 0.243 e. The highest BCUT2D eigenvalue weighted by atomic mass is 32.2. The van der Waals surface area contributed by atoms with E-state index >= 15 is 0 Å². The minimum absolute atomic E-state index is 0.00651. The molecule has 0 unspecified atom stereocenters. The fourth-order valence-electron chi connectivity index (χ4n) is 1.65. The monoisotopic (exact) mass is 274 g/mol. The van der Waals surface area contributed by atoms with Crippen LogP contribution in [0, 0.1) is 5.82 Å². The summed E-state index contributed by atoms with van der Waals surface area (Å²) in [5.74, 6) is -0.550. The van der Waals surface area contributed by atoms with Gasteiger partial charge in [0.2, 0.25) is 10.0 Å². The molecule has 0 bridgehead atoms. The molecule has 0 aliphatic rings. The second kappa shape index (κ2) is 6.82. The maximum absolute atomic E-state index is 13.1. The van der Waals surface area contributed by atoms with E-state index in [0.717, 1.165) is 6.07 Å². The predicted octanol–water partition coefficient (Wildman–Crippen LogP) is 1.58. The highest BCUT2D eigenvalue weighted by Gasteiger charge is 2.23. The topological polar surface area (TPSA) is 63.4 Å². The van der Waals surface area contributed by atoms with Crippen molar-refractivity contribution in [2.75, 3.05) is 19.6 Å². The first-order valence-electron chi connectivity index (χ1n) is 5.98. The third kappa shape index (κ3) is 3.76. The van der Waals surface area contributed by atoms with Gasteiger partial charge in [0.15, 0.2) is 0 Å². The number of rotatable bonds is 7. The third-order valence-corrected chi connectivity index (χ3v) is 4.41. The van der Waals surface area contributed by atoms with Gasteiger partial charge >= 0.3 is 0 Å². The third-order valence-electron chi connectivity index (χ3n) is 2.52. The van der Waals surface area contributed by atoms with Gasteiger partial charge in [-0.05, 0) is 37.6 Å². The lowest BCUT2D eigenvalue weighted by Gasteiger charge is -2.21. The zero-order chi connectivity index (χ0) is 13.6. The van der Waals surface area contributed by atoms with Crippen molar-refractivity contribution in [1.29, 1.82) is 0 Å². The number of hydrogen-bond acceptors (Lipinski definition) is 3. The molecule has 0 heterocycles. The van der Waals surface area contributed by atoms with E-state index in [4.69, 9.17) is 5.73 Å². The van der Waals surface area contributed by atoms with E-state index in [1.54, 1.807) is 0 Å². The Hall–Kier alpha value is -0.980. The molecule has 1 aromatic rings. The molecular weight excluding hydrogens is 255 g/mol. The Morgan fingerprint density at radius 3 is 2.61 bits per heavy atom. The fraction of sp³-hybridized carbons (Fsp3) is 0.500. The first kappa shape index (κ1) is 15.1. The van der Waals surface area contributed by atoms with Crippen LogP contribution >= 0.6 is 0 Å². The van der Waals surface area contributed by atoms with E-state index < -0.39 is 15.8 Å². The second-order valence-corrected chi connectivity index (χ2v) is 5.94. The van der Waals surface area contributed by atoms with E-state index in [-0.39, 0.29) is 4.90 Å². The van der Waals surface area contributed by atoms with Crippen LogP contribution in [0.15, 0.2) is 29.2 Å². The molecule has 0 aromatic heterocycles. The zero-order valence-corrected chi connectivity index (χ0v) is 11.3. The lowest BCUT2D eigenvalue weighted by Crippen LogP contribution is -2.33. The predicted molar refractivity (Wildman–Crippen MR) is 69.1 cm³/mol. The molecule has 0 amide bonds. The molecule has 102 valence electrons. The van der Waals surface area contributed by atoms with Crippen molar-refractivity contribution in [2.24, 2.45) is 5.73 Å². The van der Waals surface area contributed by atoms with Crippen molar-refractivity contribution in [3.63, 3.8) is 0 Å². The van der Waals surface area contributed by atoms with Crippen molar-refractivity contribution in [2.45, 2.75) is 24.7 Å². The summed E-state index contributed by atoms with van der Waals surface area (Å²) in [7, 11) is -3.62. The van der Waals surface area contributed by atoms with Crippen LogP contribution in [0.25, 0.3) is 0 Å². The van der Waals surface area contributed by atoms with Crippen LogP contribution < -0.4 is 5.73 Å². The standard InChI is InChI=1S/C12H19FN2O2S/c1-2-8-15(9-4-7-14)18(16,17)12-6-3-5-11(13)10-12/h3,5-6,10H,2,4,7-9,14H2,1H3. The molecule has 1 aromatic carbocycles. The van der Waals surface area contributed by atoms with Crippen LogP contribution in [0.1, 0.15) is 19.8 Å².